The molecule has 2 aromatic carbocycles. The molecule has 13 heteroatoms. The minimum absolute atomic E-state index is 0.0443. The Morgan fingerprint density at radius 3 is 2.39 bits per heavy atom. The average molecular weight is 585 g/mol. The third-order valence-electron chi connectivity index (χ3n) is 7.72. The largest absolute Gasteiger partial charge is 0.478 e. The van der Waals surface area contributed by atoms with E-state index in [0.29, 0.717) is 39.0 Å². The maximum Gasteiger partial charge on any atom is 0.335 e. The van der Waals surface area contributed by atoms with E-state index < -0.39 is 34.0 Å². The highest BCUT2D eigenvalue weighted by molar-refractivity contribution is 7.93. The molecule has 2 aliphatic rings. The van der Waals surface area contributed by atoms with Gasteiger partial charge in [-0.25, -0.2) is 13.2 Å². The number of benzene rings is 2. The van der Waals surface area contributed by atoms with E-state index >= 15 is 0 Å². The third kappa shape index (κ3) is 6.62. The van der Waals surface area contributed by atoms with Crippen LogP contribution in [0.25, 0.3) is 0 Å². The first-order valence-electron chi connectivity index (χ1n) is 13.6. The van der Waals surface area contributed by atoms with E-state index in [2.05, 4.69) is 5.32 Å². The Morgan fingerprint density at radius 2 is 1.76 bits per heavy atom. The summed E-state index contributed by atoms with van der Waals surface area (Å²) in [5.74, 6) is -1.78. The van der Waals surface area contributed by atoms with Crippen LogP contribution in [0.15, 0.2) is 59.5 Å². The summed E-state index contributed by atoms with van der Waals surface area (Å²) in [6.07, 6.45) is 2.65. The van der Waals surface area contributed by atoms with Crippen molar-refractivity contribution in [2.75, 3.05) is 30.5 Å². The zero-order chi connectivity index (χ0) is 29.7. The number of guanidine groups is 1. The molecule has 220 valence electrons. The first kappa shape index (κ1) is 29.8. The second-order valence-electron chi connectivity index (χ2n) is 10.4. The highest BCUT2D eigenvalue weighted by atomic mass is 32.2. The van der Waals surface area contributed by atoms with E-state index in [1.165, 1.54) is 30.0 Å². The van der Waals surface area contributed by atoms with Gasteiger partial charge in [0.05, 0.1) is 16.1 Å². The van der Waals surface area contributed by atoms with Gasteiger partial charge in [-0.3, -0.25) is 19.3 Å². The molecule has 0 bridgehead atoms. The number of carbonyl (C=O) groups is 3. The number of hydrogen-bond acceptors (Lipinski definition) is 6. The lowest BCUT2D eigenvalue weighted by Crippen LogP contribution is -2.54. The van der Waals surface area contributed by atoms with Gasteiger partial charge >= 0.3 is 5.97 Å². The number of likely N-dealkylation sites (tertiary alicyclic amines) is 2. The van der Waals surface area contributed by atoms with Gasteiger partial charge in [-0.2, -0.15) is 0 Å². The van der Waals surface area contributed by atoms with E-state index in [-0.39, 0.29) is 33.9 Å². The highest BCUT2D eigenvalue weighted by Gasteiger charge is 2.41. The van der Waals surface area contributed by atoms with Crippen molar-refractivity contribution >= 4 is 39.5 Å². The maximum absolute atomic E-state index is 13.9. The molecule has 2 amide bonds. The minimum atomic E-state index is -4.36. The molecule has 2 fully saturated rings. The monoisotopic (exact) mass is 584 g/mol. The first-order chi connectivity index (χ1) is 19.5. The highest BCUT2D eigenvalue weighted by Crippen LogP contribution is 2.29. The van der Waals surface area contributed by atoms with Crippen molar-refractivity contribution in [3.05, 3.63) is 60.2 Å². The molecule has 4 rings (SSSR count). The topological polar surface area (TPSA) is 177 Å². The Balaban J connectivity index is 1.52. The summed E-state index contributed by atoms with van der Waals surface area (Å²) in [6, 6.07) is 11.2. The fraction of sp³-hybridized carbons (Fsp3) is 0.429. The Kier molecular flexibility index (Phi) is 9.16. The molecule has 5 N–H and O–H groups in total. The molecule has 0 radical (unpaired) electrons. The molecule has 41 heavy (non-hydrogen) atoms. The van der Waals surface area contributed by atoms with Gasteiger partial charge in [-0.05, 0) is 68.9 Å². The number of aromatic carboxylic acids is 1. The molecule has 0 unspecified atom stereocenters. The lowest BCUT2D eigenvalue weighted by molar-refractivity contribution is -0.139. The molecule has 2 atom stereocenters. The summed E-state index contributed by atoms with van der Waals surface area (Å²) in [5.41, 5.74) is 5.61. The Hall–Kier alpha value is -4.13. The fourth-order valence-electron chi connectivity index (χ4n) is 5.43. The molecule has 0 saturated carbocycles. The quantitative estimate of drug-likeness (QED) is 0.254. The number of carboxylic acids is 1. The van der Waals surface area contributed by atoms with Crippen LogP contribution in [0.1, 0.15) is 43.0 Å². The van der Waals surface area contributed by atoms with Crippen LogP contribution in [0.4, 0.5) is 5.69 Å². The zero-order valence-electron chi connectivity index (χ0n) is 22.9. The van der Waals surface area contributed by atoms with E-state index in [1.807, 2.05) is 0 Å². The predicted octanol–water partition coefficient (Wildman–Crippen LogP) is 1.68. The molecule has 0 aliphatic carbocycles. The maximum atomic E-state index is 13.9. The van der Waals surface area contributed by atoms with Crippen LogP contribution in [-0.4, -0.2) is 85.3 Å². The molecule has 2 saturated heterocycles. The summed E-state index contributed by atoms with van der Waals surface area (Å²) in [4.78, 5) is 41.5. The predicted molar refractivity (Wildman–Crippen MR) is 153 cm³/mol. The summed E-state index contributed by atoms with van der Waals surface area (Å²) in [6.45, 7) is 3.55. The molecule has 2 aliphatic heterocycles. The molecule has 2 heterocycles. The normalized spacial score (nSPS) is 18.5. The van der Waals surface area contributed by atoms with Crippen LogP contribution in [0, 0.1) is 11.3 Å². The SMILES string of the molecule is C[C@@H](C(=O)N1CCC[C@H]1C(=O)NCC1CCN(C(=N)N)CC1)N(c1ccccc1)S(=O)(=O)c1cccc(C(=O)O)c1. The van der Waals surface area contributed by atoms with Gasteiger partial charge in [0.15, 0.2) is 5.96 Å². The number of rotatable bonds is 9. The van der Waals surface area contributed by atoms with Gasteiger partial charge < -0.3 is 26.0 Å². The van der Waals surface area contributed by atoms with Crippen molar-refractivity contribution in [2.24, 2.45) is 11.7 Å². The van der Waals surface area contributed by atoms with Gasteiger partial charge in [-0.1, -0.05) is 24.3 Å². The number of carboxylic acid groups (broad SMARTS) is 1. The lowest BCUT2D eigenvalue weighted by Gasteiger charge is -2.34. The van der Waals surface area contributed by atoms with Crippen LogP contribution in [-0.2, 0) is 19.6 Å². The zero-order valence-corrected chi connectivity index (χ0v) is 23.7. The average Bonchev–Trinajstić information content (AvgIpc) is 3.46. The van der Waals surface area contributed by atoms with Crippen molar-refractivity contribution in [1.82, 2.24) is 15.1 Å². The number of amides is 2. The minimum Gasteiger partial charge on any atom is -0.478 e. The molecule has 2 aromatic rings. The number of carbonyl (C=O) groups excluding carboxylic acids is 2. The van der Waals surface area contributed by atoms with Gasteiger partial charge in [0.2, 0.25) is 11.8 Å². The van der Waals surface area contributed by atoms with Gasteiger partial charge in [0, 0.05) is 26.2 Å². The van der Waals surface area contributed by atoms with E-state index in [9.17, 15) is 27.9 Å². The van der Waals surface area contributed by atoms with E-state index in [1.54, 1.807) is 35.2 Å². The fourth-order valence-corrected chi connectivity index (χ4v) is 7.09. The van der Waals surface area contributed by atoms with E-state index in [0.717, 1.165) is 23.2 Å². The van der Waals surface area contributed by atoms with Gasteiger partial charge in [0.25, 0.3) is 10.0 Å². The Labute approximate surface area is 239 Å². The number of hydrogen-bond donors (Lipinski definition) is 4. The number of anilines is 1. The summed E-state index contributed by atoms with van der Waals surface area (Å²) >= 11 is 0. The summed E-state index contributed by atoms with van der Waals surface area (Å²) in [5, 5.41) is 19.9. The second-order valence-corrected chi connectivity index (χ2v) is 12.2. The standard InChI is InChI=1S/C28H36N6O6S/c1-19(34(22-8-3-2-4-9-22)41(39,40)23-10-5-7-21(17-23)27(37)38)26(36)33-14-6-11-24(33)25(35)31-18-20-12-15-32(16-13-20)28(29)30/h2-5,7-10,17,19-20,24H,6,11-16,18H2,1H3,(H3,29,30)(H,31,35)(H,37,38)/t19-,24-/m0/s1. The molecular weight excluding hydrogens is 548 g/mol. The number of piperidine rings is 1. The number of nitrogens with two attached hydrogens (primary N) is 1. The van der Waals surface area contributed by atoms with Gasteiger partial charge in [0.1, 0.15) is 12.1 Å². The van der Waals surface area contributed by atoms with Crippen LogP contribution in [0.2, 0.25) is 0 Å². The summed E-state index contributed by atoms with van der Waals surface area (Å²) < 4.78 is 28.8. The van der Waals surface area contributed by atoms with Crippen molar-refractivity contribution in [1.29, 1.82) is 5.41 Å². The Morgan fingerprint density at radius 1 is 1.07 bits per heavy atom. The summed E-state index contributed by atoms with van der Waals surface area (Å²) in [7, 11) is -4.36. The van der Waals surface area contributed by atoms with Gasteiger partial charge in [-0.15, -0.1) is 0 Å². The van der Waals surface area contributed by atoms with Crippen molar-refractivity contribution in [2.45, 2.75) is 49.6 Å². The van der Waals surface area contributed by atoms with Crippen molar-refractivity contribution in [3.63, 3.8) is 0 Å². The molecule has 0 spiro atoms. The number of nitrogens with one attached hydrogen (secondary N) is 2. The molecule has 12 nitrogen and oxygen atoms in total. The lowest BCUT2D eigenvalue weighted by atomic mass is 9.97. The number of nitrogens with zero attached hydrogens (tertiary/aromatic N) is 3. The molecule has 0 aromatic heterocycles. The molecular formula is C28H36N6O6S. The van der Waals surface area contributed by atoms with Crippen LogP contribution in [0.5, 0.6) is 0 Å². The van der Waals surface area contributed by atoms with Crippen LogP contribution >= 0.6 is 0 Å². The van der Waals surface area contributed by atoms with Crippen molar-refractivity contribution < 1.29 is 27.9 Å². The van der Waals surface area contributed by atoms with Crippen molar-refractivity contribution in [3.8, 4) is 0 Å². The third-order valence-corrected chi connectivity index (χ3v) is 9.61. The second kappa shape index (κ2) is 12.6. The number of sulfonamides is 1. The van der Waals surface area contributed by atoms with Crippen LogP contribution < -0.4 is 15.4 Å². The number of para-hydroxylation sites is 1. The Bertz CT molecular complexity index is 1390. The first-order valence-corrected chi connectivity index (χ1v) is 15.0. The van der Waals surface area contributed by atoms with Crippen LogP contribution in [0.3, 0.4) is 0 Å². The smallest absolute Gasteiger partial charge is 0.335 e. The van der Waals surface area contributed by atoms with E-state index in [4.69, 9.17) is 11.1 Å².